The van der Waals surface area contributed by atoms with E-state index in [1.54, 1.807) is 19.1 Å². The van der Waals surface area contributed by atoms with E-state index >= 15 is 0 Å². The van der Waals surface area contributed by atoms with Crippen LogP contribution in [-0.2, 0) is 0 Å². The van der Waals surface area contributed by atoms with Crippen molar-refractivity contribution in [3.05, 3.63) is 29.8 Å². The molecule has 0 spiro atoms. The minimum absolute atomic E-state index is 0.0634. The lowest BCUT2D eigenvalue weighted by Crippen LogP contribution is -2.10. The zero-order valence-corrected chi connectivity index (χ0v) is 7.90. The van der Waals surface area contributed by atoms with Gasteiger partial charge in [0, 0.05) is 17.9 Å². The van der Waals surface area contributed by atoms with Gasteiger partial charge in [-0.3, -0.25) is 4.79 Å². The summed E-state index contributed by atoms with van der Waals surface area (Å²) in [4.78, 5) is 11.6. The summed E-state index contributed by atoms with van der Waals surface area (Å²) in [7, 11) is 0. The minimum atomic E-state index is -0.287. The third-order valence-corrected chi connectivity index (χ3v) is 2.00. The SMILES string of the molecule is CC(CC#N)C(=O)c1ccc(O)cc1. The number of nitrogens with zero attached hydrogens (tertiary/aromatic N) is 1. The van der Waals surface area contributed by atoms with Crippen LogP contribution in [0.3, 0.4) is 0 Å². The highest BCUT2D eigenvalue weighted by Gasteiger charge is 2.14. The summed E-state index contributed by atoms with van der Waals surface area (Å²) >= 11 is 0. The van der Waals surface area contributed by atoms with Crippen LogP contribution in [0.25, 0.3) is 0 Å². The highest BCUT2D eigenvalue weighted by molar-refractivity contribution is 5.97. The number of aromatic hydroxyl groups is 1. The molecular formula is C11H11NO2. The van der Waals surface area contributed by atoms with E-state index in [1.807, 2.05) is 6.07 Å². The first-order chi connectivity index (χ1) is 6.65. The van der Waals surface area contributed by atoms with Gasteiger partial charge < -0.3 is 5.11 Å². The second-order valence-electron chi connectivity index (χ2n) is 3.17. The van der Waals surface area contributed by atoms with Gasteiger partial charge in [0.15, 0.2) is 5.78 Å². The van der Waals surface area contributed by atoms with Gasteiger partial charge in [-0.2, -0.15) is 5.26 Å². The highest BCUT2D eigenvalue weighted by Crippen LogP contribution is 2.15. The lowest BCUT2D eigenvalue weighted by atomic mass is 9.97. The van der Waals surface area contributed by atoms with Crippen molar-refractivity contribution in [1.82, 2.24) is 0 Å². The quantitative estimate of drug-likeness (QED) is 0.741. The first-order valence-electron chi connectivity index (χ1n) is 4.35. The molecule has 1 aromatic rings. The maximum atomic E-state index is 11.6. The number of phenolic OH excluding ortho intramolecular Hbond substituents is 1. The van der Waals surface area contributed by atoms with Gasteiger partial charge >= 0.3 is 0 Å². The Labute approximate surface area is 82.6 Å². The zero-order chi connectivity index (χ0) is 10.6. The Morgan fingerprint density at radius 2 is 2.07 bits per heavy atom. The van der Waals surface area contributed by atoms with Crippen LogP contribution in [0.5, 0.6) is 5.75 Å². The predicted octanol–water partition coefficient (Wildman–Crippen LogP) is 2.12. The fraction of sp³-hybridized carbons (Fsp3) is 0.273. The third-order valence-electron chi connectivity index (χ3n) is 2.00. The number of Topliss-reactive ketones (excluding diaryl/α,β-unsaturated/α-hetero) is 1. The van der Waals surface area contributed by atoms with Crippen LogP contribution in [-0.4, -0.2) is 10.9 Å². The molecule has 0 bridgehead atoms. The van der Waals surface area contributed by atoms with E-state index in [1.165, 1.54) is 12.1 Å². The second-order valence-corrected chi connectivity index (χ2v) is 3.17. The van der Waals surface area contributed by atoms with E-state index in [9.17, 15) is 4.79 Å². The number of phenols is 1. The van der Waals surface area contributed by atoms with Gasteiger partial charge in [0.25, 0.3) is 0 Å². The van der Waals surface area contributed by atoms with Gasteiger partial charge in [-0.25, -0.2) is 0 Å². The summed E-state index contributed by atoms with van der Waals surface area (Å²) in [6, 6.07) is 8.01. The van der Waals surface area contributed by atoms with Crippen molar-refractivity contribution in [1.29, 1.82) is 5.26 Å². The molecule has 0 aliphatic rings. The Hall–Kier alpha value is -1.82. The maximum absolute atomic E-state index is 11.6. The molecule has 14 heavy (non-hydrogen) atoms. The predicted molar refractivity (Wildman–Crippen MR) is 51.8 cm³/mol. The van der Waals surface area contributed by atoms with Gasteiger partial charge in [0.1, 0.15) is 5.75 Å². The molecule has 0 heterocycles. The van der Waals surface area contributed by atoms with Gasteiger partial charge in [0.05, 0.1) is 6.07 Å². The molecule has 1 aromatic carbocycles. The number of carbonyl (C=O) groups is 1. The fourth-order valence-electron chi connectivity index (χ4n) is 1.14. The van der Waals surface area contributed by atoms with Crippen LogP contribution in [0.2, 0.25) is 0 Å². The molecule has 1 rings (SSSR count). The Bertz CT molecular complexity index is 362. The Kier molecular flexibility index (Phi) is 3.24. The first-order valence-corrected chi connectivity index (χ1v) is 4.35. The molecule has 0 amide bonds. The van der Waals surface area contributed by atoms with Crippen molar-refractivity contribution in [2.75, 3.05) is 0 Å². The topological polar surface area (TPSA) is 61.1 Å². The maximum Gasteiger partial charge on any atom is 0.166 e. The Morgan fingerprint density at radius 1 is 1.50 bits per heavy atom. The smallest absolute Gasteiger partial charge is 0.166 e. The molecule has 3 nitrogen and oxygen atoms in total. The molecule has 3 heteroatoms. The number of benzene rings is 1. The first kappa shape index (κ1) is 10.3. The van der Waals surface area contributed by atoms with E-state index in [0.717, 1.165) is 0 Å². The highest BCUT2D eigenvalue weighted by atomic mass is 16.3. The van der Waals surface area contributed by atoms with E-state index in [0.29, 0.717) is 5.56 Å². The van der Waals surface area contributed by atoms with Crippen LogP contribution in [0.1, 0.15) is 23.7 Å². The molecule has 0 saturated heterocycles. The average Bonchev–Trinajstić information content (AvgIpc) is 2.18. The van der Waals surface area contributed by atoms with Crippen LogP contribution in [0, 0.1) is 17.2 Å². The zero-order valence-electron chi connectivity index (χ0n) is 7.90. The molecule has 1 unspecified atom stereocenters. The van der Waals surface area contributed by atoms with Crippen molar-refractivity contribution >= 4 is 5.78 Å². The number of nitriles is 1. The largest absolute Gasteiger partial charge is 0.508 e. The van der Waals surface area contributed by atoms with E-state index in [2.05, 4.69) is 0 Å². The summed E-state index contributed by atoms with van der Waals surface area (Å²) in [5, 5.41) is 17.5. The Morgan fingerprint density at radius 3 is 2.57 bits per heavy atom. The normalized spacial score (nSPS) is 11.7. The van der Waals surface area contributed by atoms with E-state index < -0.39 is 0 Å². The number of hydrogen-bond donors (Lipinski definition) is 1. The van der Waals surface area contributed by atoms with Gasteiger partial charge in [-0.15, -0.1) is 0 Å². The van der Waals surface area contributed by atoms with Crippen molar-refractivity contribution in [2.24, 2.45) is 5.92 Å². The molecule has 0 saturated carbocycles. The van der Waals surface area contributed by atoms with Crippen molar-refractivity contribution in [3.63, 3.8) is 0 Å². The standard InChI is InChI=1S/C11H11NO2/c1-8(6-7-12)11(14)9-2-4-10(13)5-3-9/h2-5,8,13H,6H2,1H3. The van der Waals surface area contributed by atoms with Crippen LogP contribution >= 0.6 is 0 Å². The van der Waals surface area contributed by atoms with Crippen molar-refractivity contribution < 1.29 is 9.90 Å². The summed E-state index contributed by atoms with van der Waals surface area (Å²) in [6.45, 7) is 1.72. The number of carbonyl (C=O) groups excluding carboxylic acids is 1. The minimum Gasteiger partial charge on any atom is -0.508 e. The summed E-state index contributed by atoms with van der Waals surface area (Å²) < 4.78 is 0. The number of hydrogen-bond acceptors (Lipinski definition) is 3. The second kappa shape index (κ2) is 4.43. The Balaban J connectivity index is 2.80. The van der Waals surface area contributed by atoms with Crippen LogP contribution in [0.4, 0.5) is 0 Å². The van der Waals surface area contributed by atoms with Crippen molar-refractivity contribution in [3.8, 4) is 11.8 Å². The van der Waals surface area contributed by atoms with Crippen LogP contribution < -0.4 is 0 Å². The molecule has 1 atom stereocenters. The molecule has 0 fully saturated rings. The number of rotatable bonds is 3. The molecular weight excluding hydrogens is 178 g/mol. The van der Waals surface area contributed by atoms with Crippen LogP contribution in [0.15, 0.2) is 24.3 Å². The lowest BCUT2D eigenvalue weighted by molar-refractivity contribution is 0.0932. The van der Waals surface area contributed by atoms with Gasteiger partial charge in [-0.1, -0.05) is 6.92 Å². The van der Waals surface area contributed by atoms with E-state index in [-0.39, 0.29) is 23.9 Å². The molecule has 1 N–H and O–H groups in total. The molecule has 72 valence electrons. The lowest BCUT2D eigenvalue weighted by Gasteiger charge is -2.05. The third kappa shape index (κ3) is 2.33. The van der Waals surface area contributed by atoms with Gasteiger partial charge in [-0.05, 0) is 24.3 Å². The molecule has 0 aliphatic carbocycles. The summed E-state index contributed by atoms with van der Waals surface area (Å²) in [6.07, 6.45) is 0.222. The summed E-state index contributed by atoms with van der Waals surface area (Å²) in [5.74, 6) is -0.217. The number of ketones is 1. The van der Waals surface area contributed by atoms with E-state index in [4.69, 9.17) is 10.4 Å². The fourth-order valence-corrected chi connectivity index (χ4v) is 1.14. The molecule has 0 aliphatic heterocycles. The summed E-state index contributed by atoms with van der Waals surface area (Å²) in [5.41, 5.74) is 0.533. The van der Waals surface area contributed by atoms with Crippen molar-refractivity contribution in [2.45, 2.75) is 13.3 Å². The molecule has 0 aromatic heterocycles. The average molecular weight is 189 g/mol. The monoisotopic (exact) mass is 189 g/mol. The molecule has 0 radical (unpaired) electrons. The van der Waals surface area contributed by atoms with Gasteiger partial charge in [0.2, 0.25) is 0 Å².